The number of benzene rings is 2. The zero-order valence-electron chi connectivity index (χ0n) is 21.1. The third kappa shape index (κ3) is 4.77. The molecule has 34 heavy (non-hydrogen) atoms. The Morgan fingerprint density at radius 2 is 1.88 bits per heavy atom. The van der Waals surface area contributed by atoms with Crippen LogP contribution in [0.15, 0.2) is 83.0 Å². The van der Waals surface area contributed by atoms with E-state index < -0.39 is 0 Å². The number of allylic oxidation sites excluding steroid dienone is 4. The zero-order chi connectivity index (χ0) is 24.2. The molecule has 0 aliphatic carbocycles. The topological polar surface area (TPSA) is 31.2 Å². The number of fused-ring (bicyclic) bond motifs is 2. The maximum Gasteiger partial charge on any atom is 0.201 e. The molecule has 0 aromatic heterocycles. The third-order valence-corrected chi connectivity index (χ3v) is 6.76. The SMILES string of the molecule is C=C/C(CC)=C(\N=C(N(C)C)N1CCc2ccc(C(=C)CC)cc2C1)C1=Nc2ccccc2C1. The van der Waals surface area contributed by atoms with Crippen molar-refractivity contribution in [3.63, 3.8) is 0 Å². The molecule has 176 valence electrons. The van der Waals surface area contributed by atoms with Gasteiger partial charge in [-0.05, 0) is 64.8 Å². The lowest BCUT2D eigenvalue weighted by Crippen LogP contribution is -2.43. The van der Waals surface area contributed by atoms with Gasteiger partial charge in [-0.3, -0.25) is 4.99 Å². The molecule has 0 unspecified atom stereocenters. The van der Waals surface area contributed by atoms with E-state index in [9.17, 15) is 0 Å². The van der Waals surface area contributed by atoms with E-state index in [0.717, 1.165) is 67.4 Å². The first-order chi connectivity index (χ1) is 16.4. The van der Waals surface area contributed by atoms with Gasteiger partial charge in [-0.1, -0.05) is 63.4 Å². The fourth-order valence-electron chi connectivity index (χ4n) is 4.71. The number of para-hydroxylation sites is 1. The molecule has 0 radical (unpaired) electrons. The molecule has 4 heteroatoms. The summed E-state index contributed by atoms with van der Waals surface area (Å²) >= 11 is 0. The van der Waals surface area contributed by atoms with Gasteiger partial charge in [-0.15, -0.1) is 0 Å². The van der Waals surface area contributed by atoms with Crippen molar-refractivity contribution in [1.82, 2.24) is 9.80 Å². The van der Waals surface area contributed by atoms with Gasteiger partial charge in [-0.25, -0.2) is 4.99 Å². The molecule has 0 N–H and O–H groups in total. The van der Waals surface area contributed by atoms with Crippen LogP contribution in [0.25, 0.3) is 5.57 Å². The molecule has 0 spiro atoms. The molecule has 4 rings (SSSR count). The van der Waals surface area contributed by atoms with E-state index in [0.29, 0.717) is 0 Å². The second-order valence-electron chi connectivity index (χ2n) is 9.21. The van der Waals surface area contributed by atoms with Crippen LogP contribution in [-0.4, -0.2) is 42.1 Å². The Morgan fingerprint density at radius 1 is 1.09 bits per heavy atom. The summed E-state index contributed by atoms with van der Waals surface area (Å²) in [6.07, 6.45) is 5.58. The van der Waals surface area contributed by atoms with Crippen molar-refractivity contribution in [3.8, 4) is 0 Å². The molecule has 2 aliphatic rings. The fraction of sp³-hybridized carbons (Fsp3) is 0.333. The highest BCUT2D eigenvalue weighted by molar-refractivity contribution is 6.08. The normalized spacial score (nSPS) is 15.8. The summed E-state index contributed by atoms with van der Waals surface area (Å²) in [5.74, 6) is 0.965. The first-order valence-corrected chi connectivity index (χ1v) is 12.3. The highest BCUT2D eigenvalue weighted by Gasteiger charge is 2.24. The van der Waals surface area contributed by atoms with Gasteiger partial charge in [0.05, 0.1) is 17.1 Å². The maximum atomic E-state index is 5.28. The average Bonchev–Trinajstić information content (AvgIpc) is 3.29. The molecule has 0 saturated carbocycles. The van der Waals surface area contributed by atoms with Crippen molar-refractivity contribution in [1.29, 1.82) is 0 Å². The van der Waals surface area contributed by atoms with E-state index in [1.807, 2.05) is 12.1 Å². The fourth-order valence-corrected chi connectivity index (χ4v) is 4.71. The van der Waals surface area contributed by atoms with Gasteiger partial charge in [0.2, 0.25) is 5.96 Å². The molecule has 2 heterocycles. The monoisotopic (exact) mass is 452 g/mol. The van der Waals surface area contributed by atoms with E-state index >= 15 is 0 Å². The molecular weight excluding hydrogens is 416 g/mol. The minimum atomic E-state index is 0.804. The predicted octanol–water partition coefficient (Wildman–Crippen LogP) is 6.56. The summed E-state index contributed by atoms with van der Waals surface area (Å²) in [6.45, 7) is 14.4. The number of rotatable bonds is 6. The standard InChI is InChI=1S/C30H36N4/c1-7-21(4)24-15-14-23-16-17-34(20-26(23)18-24)30(33(5)6)32-29(22(8-2)9-3)28-19-25-12-10-11-13-27(25)31-28/h8,10-15,18H,2,4,7,9,16-17,19-20H2,1,3,5-6H3/b29-22+,32-30?. The Morgan fingerprint density at radius 3 is 2.56 bits per heavy atom. The Labute approximate surface area is 204 Å². The third-order valence-electron chi connectivity index (χ3n) is 6.76. The number of guanidine groups is 1. The highest BCUT2D eigenvalue weighted by atomic mass is 15.4. The van der Waals surface area contributed by atoms with Gasteiger partial charge in [0, 0.05) is 33.6 Å². The first-order valence-electron chi connectivity index (χ1n) is 12.3. The van der Waals surface area contributed by atoms with E-state index in [-0.39, 0.29) is 0 Å². The van der Waals surface area contributed by atoms with Crippen molar-refractivity contribution in [2.45, 2.75) is 46.1 Å². The lowest BCUT2D eigenvalue weighted by atomic mass is 9.94. The molecule has 0 fully saturated rings. The van der Waals surface area contributed by atoms with Crippen LogP contribution in [0.2, 0.25) is 0 Å². The minimum absolute atomic E-state index is 0.804. The molecule has 4 nitrogen and oxygen atoms in total. The first kappa shape index (κ1) is 23.7. The van der Waals surface area contributed by atoms with E-state index in [1.165, 1.54) is 27.8 Å². The van der Waals surface area contributed by atoms with Gasteiger partial charge < -0.3 is 9.80 Å². The lowest BCUT2D eigenvalue weighted by Gasteiger charge is -2.35. The summed E-state index contributed by atoms with van der Waals surface area (Å²) < 4.78 is 0. The quantitative estimate of drug-likeness (QED) is 0.282. The van der Waals surface area contributed by atoms with Crippen molar-refractivity contribution < 1.29 is 0 Å². The minimum Gasteiger partial charge on any atom is -0.349 e. The van der Waals surface area contributed by atoms with Crippen molar-refractivity contribution in [3.05, 3.63) is 95.2 Å². The van der Waals surface area contributed by atoms with Crippen LogP contribution in [0.4, 0.5) is 5.69 Å². The molecule has 0 bridgehead atoms. The summed E-state index contributed by atoms with van der Waals surface area (Å²) in [5.41, 5.74) is 10.6. The Kier molecular flexibility index (Phi) is 7.16. The van der Waals surface area contributed by atoms with Crippen LogP contribution in [0.5, 0.6) is 0 Å². The van der Waals surface area contributed by atoms with E-state index in [2.05, 4.69) is 87.3 Å². The average molecular weight is 453 g/mol. The smallest absolute Gasteiger partial charge is 0.201 e. The van der Waals surface area contributed by atoms with Crippen LogP contribution >= 0.6 is 0 Å². The number of hydrogen-bond acceptors (Lipinski definition) is 2. The lowest BCUT2D eigenvalue weighted by molar-refractivity contribution is 0.345. The summed E-state index contributed by atoms with van der Waals surface area (Å²) in [6, 6.07) is 15.2. The largest absolute Gasteiger partial charge is 0.349 e. The summed E-state index contributed by atoms with van der Waals surface area (Å²) in [7, 11) is 4.15. The molecule has 2 aromatic carbocycles. The van der Waals surface area contributed by atoms with Gasteiger partial charge in [0.15, 0.2) is 0 Å². The van der Waals surface area contributed by atoms with Gasteiger partial charge in [0.1, 0.15) is 0 Å². The molecular formula is C30H36N4. The Hall–Kier alpha value is -3.40. The molecule has 2 aromatic rings. The second-order valence-corrected chi connectivity index (χ2v) is 9.21. The number of hydrogen-bond donors (Lipinski definition) is 0. The van der Waals surface area contributed by atoms with Crippen molar-refractivity contribution in [2.24, 2.45) is 9.98 Å². The van der Waals surface area contributed by atoms with Crippen LogP contribution in [0.3, 0.4) is 0 Å². The molecule has 0 amide bonds. The zero-order valence-corrected chi connectivity index (χ0v) is 21.1. The Bertz CT molecular complexity index is 1200. The molecule has 0 saturated heterocycles. The number of aliphatic imine (C=N–C) groups is 2. The van der Waals surface area contributed by atoms with Crippen LogP contribution in [0, 0.1) is 0 Å². The highest BCUT2D eigenvalue weighted by Crippen LogP contribution is 2.31. The van der Waals surface area contributed by atoms with Gasteiger partial charge >= 0.3 is 0 Å². The van der Waals surface area contributed by atoms with E-state index in [4.69, 9.17) is 9.98 Å². The number of nitrogens with zero attached hydrogens (tertiary/aromatic N) is 4. The maximum absolute atomic E-state index is 5.28. The van der Waals surface area contributed by atoms with Crippen LogP contribution < -0.4 is 0 Å². The summed E-state index contributed by atoms with van der Waals surface area (Å²) in [5, 5.41) is 0. The van der Waals surface area contributed by atoms with Crippen molar-refractivity contribution in [2.75, 3.05) is 20.6 Å². The van der Waals surface area contributed by atoms with Gasteiger partial charge in [0.25, 0.3) is 0 Å². The van der Waals surface area contributed by atoms with Gasteiger partial charge in [-0.2, -0.15) is 0 Å². The summed E-state index contributed by atoms with van der Waals surface area (Å²) in [4.78, 5) is 14.8. The van der Waals surface area contributed by atoms with Crippen molar-refractivity contribution >= 4 is 22.9 Å². The predicted molar refractivity (Wildman–Crippen MR) is 146 cm³/mol. The second kappa shape index (κ2) is 10.3. The molecule has 0 atom stereocenters. The Balaban J connectivity index is 1.71. The van der Waals surface area contributed by atoms with Crippen LogP contribution in [-0.2, 0) is 19.4 Å². The molecule has 2 aliphatic heterocycles. The van der Waals surface area contributed by atoms with Crippen LogP contribution in [0.1, 0.15) is 48.9 Å². The van der Waals surface area contributed by atoms with E-state index in [1.54, 1.807) is 0 Å².